The lowest BCUT2D eigenvalue weighted by atomic mass is 9.76. The maximum Gasteiger partial charge on any atom is 0.141 e. The third-order valence-corrected chi connectivity index (χ3v) is 22.4. The summed E-state index contributed by atoms with van der Waals surface area (Å²) in [5.41, 5.74) is 12.1. The van der Waals surface area contributed by atoms with Crippen LogP contribution in [0.5, 0.6) is 0 Å². The van der Waals surface area contributed by atoms with Crippen LogP contribution >= 0.6 is 0 Å². The molecule has 2 heterocycles. The molecule has 0 amide bonds. The molecule has 2 aliphatic heterocycles. The molecule has 1 aliphatic carbocycles. The Kier molecular flexibility index (Phi) is 9.41. The third kappa shape index (κ3) is 5.91. The minimum absolute atomic E-state index is 0.337. The van der Waals surface area contributed by atoms with Crippen molar-refractivity contribution in [3.63, 3.8) is 0 Å². The van der Waals surface area contributed by atoms with Crippen molar-refractivity contribution in [3.8, 4) is 11.1 Å². The highest BCUT2D eigenvalue weighted by Gasteiger charge is 2.51. The normalized spacial score (nSPS) is 16.6. The summed E-state index contributed by atoms with van der Waals surface area (Å²) >= 11 is 0. The molecule has 0 saturated heterocycles. The fraction of sp³-hybridized carbons (Fsp3) is 0.148. The van der Waals surface area contributed by atoms with E-state index in [4.69, 9.17) is 0 Å². The zero-order valence-corrected chi connectivity index (χ0v) is 40.0. The Morgan fingerprint density at radius 2 is 0.646 bits per heavy atom. The summed E-state index contributed by atoms with van der Waals surface area (Å²) in [6.07, 6.45) is 0. The van der Waals surface area contributed by atoms with E-state index >= 15 is 0 Å². The van der Waals surface area contributed by atoms with Gasteiger partial charge in [0.05, 0.1) is 0 Å². The Morgan fingerprint density at radius 1 is 0.354 bits per heavy atom. The van der Waals surface area contributed by atoms with Crippen LogP contribution in [0, 0.1) is 0 Å². The van der Waals surface area contributed by atoms with Gasteiger partial charge in [-0.3, -0.25) is 0 Å². The van der Waals surface area contributed by atoms with Crippen LogP contribution in [0.4, 0.5) is 0 Å². The van der Waals surface area contributed by atoms with Gasteiger partial charge in [0.25, 0.3) is 0 Å². The van der Waals surface area contributed by atoms with Gasteiger partial charge in [-0.2, -0.15) is 0 Å². The van der Waals surface area contributed by atoms with Gasteiger partial charge >= 0.3 is 0 Å². The fourth-order valence-electron chi connectivity index (χ4n) is 12.1. The average Bonchev–Trinajstić information content (AvgIpc) is 3.84. The molecule has 0 radical (unpaired) electrons. The first-order valence-electron chi connectivity index (χ1n) is 23.0. The Labute approximate surface area is 386 Å². The number of fused-ring (bicyclic) bond motifs is 5. The van der Waals surface area contributed by atoms with E-state index in [0.717, 1.165) is 44.5 Å². The van der Waals surface area contributed by atoms with Crippen molar-refractivity contribution in [2.45, 2.75) is 56.7 Å². The minimum atomic E-state index is -2.39. The molecule has 8 aromatic carbocycles. The standard InChI is InChI=1S/C61H54O2Si2/c1-59(2)51-39-41(57-55(49-31-19-21-33-53(49)64(57,3)4)60(62,43-23-11-7-12-24-43)44-25-13-8-14-26-44)35-37-47(51)48-38-36-42(40-52(48)59)58-56(50-32-20-22-34-54(50)65(58,5)6)61(63,45-27-15-9-16-28-45)46-29-17-10-18-30-46/h7-40,62-63H,1-6H3. The molecule has 11 rings (SSSR count). The highest BCUT2D eigenvalue weighted by atomic mass is 28.3. The van der Waals surface area contributed by atoms with E-state index in [0.29, 0.717) is 0 Å². The van der Waals surface area contributed by atoms with Crippen LogP contribution in [0.25, 0.3) is 32.7 Å². The Balaban J connectivity index is 1.12. The molecule has 2 N–H and O–H groups in total. The summed E-state index contributed by atoms with van der Waals surface area (Å²) in [5, 5.41) is 32.5. The second-order valence-corrected chi connectivity index (χ2v) is 28.4. The molecular formula is C61H54O2Si2. The molecule has 4 heteroatoms. The lowest BCUT2D eigenvalue weighted by molar-refractivity contribution is 0.146. The summed E-state index contributed by atoms with van der Waals surface area (Å²) in [6, 6.07) is 72.8. The van der Waals surface area contributed by atoms with E-state index in [1.54, 1.807) is 0 Å². The van der Waals surface area contributed by atoms with E-state index in [9.17, 15) is 10.2 Å². The number of aliphatic hydroxyl groups is 2. The maximum atomic E-state index is 13.6. The SMILES string of the molecule is CC1(C)c2cc(C3=C(C(O)(c4ccccc4)c4ccccc4)c4ccccc4[Si]3(C)C)ccc2-c2ccc(C3=C(C(O)(c4ccccc4)c4ccccc4)c4ccccc4[Si]3(C)C)cc21. The molecule has 0 bridgehead atoms. The van der Waals surface area contributed by atoms with Crippen molar-refractivity contribution in [2.75, 3.05) is 0 Å². The lowest BCUT2D eigenvalue weighted by Gasteiger charge is -2.34. The molecule has 0 atom stereocenters. The maximum absolute atomic E-state index is 13.6. The van der Waals surface area contributed by atoms with Crippen molar-refractivity contribution in [1.82, 2.24) is 0 Å². The molecule has 3 aliphatic rings. The Morgan fingerprint density at radius 3 is 0.969 bits per heavy atom. The van der Waals surface area contributed by atoms with Crippen LogP contribution in [-0.2, 0) is 16.6 Å². The Bertz CT molecular complexity index is 2940. The molecule has 2 nitrogen and oxygen atoms in total. The van der Waals surface area contributed by atoms with Crippen molar-refractivity contribution < 1.29 is 10.2 Å². The zero-order valence-electron chi connectivity index (χ0n) is 38.0. The van der Waals surface area contributed by atoms with Gasteiger partial charge in [-0.15, -0.1) is 0 Å². The first-order chi connectivity index (χ1) is 31.3. The molecule has 0 spiro atoms. The van der Waals surface area contributed by atoms with Crippen molar-refractivity contribution >= 4 is 48.1 Å². The monoisotopic (exact) mass is 874 g/mol. The van der Waals surface area contributed by atoms with Crippen LogP contribution in [0.15, 0.2) is 206 Å². The molecule has 318 valence electrons. The third-order valence-electron chi connectivity index (χ3n) is 15.2. The summed E-state index contributed by atoms with van der Waals surface area (Å²) in [4.78, 5) is 0. The van der Waals surface area contributed by atoms with Crippen LogP contribution in [0.2, 0.25) is 26.2 Å². The van der Waals surface area contributed by atoms with Crippen molar-refractivity contribution in [2.24, 2.45) is 0 Å². The van der Waals surface area contributed by atoms with Gasteiger partial charge in [0.2, 0.25) is 0 Å². The molecule has 8 aromatic rings. The van der Waals surface area contributed by atoms with Gasteiger partial charge in [0.15, 0.2) is 0 Å². The van der Waals surface area contributed by atoms with E-state index in [2.05, 4.69) is 173 Å². The fourth-order valence-corrected chi connectivity index (χ4v) is 19.1. The largest absolute Gasteiger partial charge is 0.376 e. The first kappa shape index (κ1) is 41.3. The van der Waals surface area contributed by atoms with Gasteiger partial charge in [-0.05, 0) is 98.7 Å². The van der Waals surface area contributed by atoms with E-state index in [1.165, 1.54) is 54.1 Å². The highest BCUT2D eigenvalue weighted by Crippen LogP contribution is 2.56. The quantitative estimate of drug-likeness (QED) is 0.149. The predicted molar refractivity (Wildman–Crippen MR) is 277 cm³/mol. The van der Waals surface area contributed by atoms with Crippen LogP contribution in [-0.4, -0.2) is 26.4 Å². The molecule has 0 saturated carbocycles. The van der Waals surface area contributed by atoms with Crippen LogP contribution < -0.4 is 10.4 Å². The predicted octanol–water partition coefficient (Wildman–Crippen LogP) is 12.6. The van der Waals surface area contributed by atoms with Crippen LogP contribution in [0.3, 0.4) is 0 Å². The van der Waals surface area contributed by atoms with Gasteiger partial charge in [-0.1, -0.05) is 246 Å². The second-order valence-electron chi connectivity index (χ2n) is 19.9. The first-order valence-corrected chi connectivity index (χ1v) is 29.0. The van der Waals surface area contributed by atoms with Crippen molar-refractivity contribution in [3.05, 3.63) is 262 Å². The summed E-state index contributed by atoms with van der Waals surface area (Å²) in [6.45, 7) is 14.6. The highest BCUT2D eigenvalue weighted by molar-refractivity contribution is 7.08. The van der Waals surface area contributed by atoms with E-state index < -0.39 is 27.3 Å². The van der Waals surface area contributed by atoms with Gasteiger partial charge < -0.3 is 10.2 Å². The molecule has 65 heavy (non-hydrogen) atoms. The smallest absolute Gasteiger partial charge is 0.141 e. The van der Waals surface area contributed by atoms with Gasteiger partial charge in [-0.25, -0.2) is 0 Å². The summed E-state index contributed by atoms with van der Waals surface area (Å²) in [5.74, 6) is 0. The van der Waals surface area contributed by atoms with Gasteiger partial charge in [0, 0.05) is 5.41 Å². The summed E-state index contributed by atoms with van der Waals surface area (Å²) < 4.78 is 0. The molecule has 0 fully saturated rings. The topological polar surface area (TPSA) is 40.5 Å². The lowest BCUT2D eigenvalue weighted by Crippen LogP contribution is -2.40. The zero-order chi connectivity index (χ0) is 44.9. The molecule has 0 unspecified atom stereocenters. The van der Waals surface area contributed by atoms with Gasteiger partial charge in [0.1, 0.15) is 27.3 Å². The molecular weight excluding hydrogens is 821 g/mol. The number of rotatable bonds is 8. The van der Waals surface area contributed by atoms with Crippen molar-refractivity contribution in [1.29, 1.82) is 0 Å². The number of benzene rings is 8. The minimum Gasteiger partial charge on any atom is -0.376 e. The summed E-state index contributed by atoms with van der Waals surface area (Å²) in [7, 11) is -4.78. The molecule has 0 aromatic heterocycles. The number of hydrogen-bond acceptors (Lipinski definition) is 2. The van der Waals surface area contributed by atoms with E-state index in [1.807, 2.05) is 72.8 Å². The second kappa shape index (κ2) is 14.8. The average molecular weight is 875 g/mol. The Hall–Kier alpha value is -6.41. The van der Waals surface area contributed by atoms with E-state index in [-0.39, 0.29) is 5.41 Å². The number of hydrogen-bond donors (Lipinski definition) is 2. The van der Waals surface area contributed by atoms with Crippen LogP contribution in [0.1, 0.15) is 69.5 Å².